The van der Waals surface area contributed by atoms with Crippen molar-refractivity contribution in [2.75, 3.05) is 6.54 Å². The van der Waals surface area contributed by atoms with Crippen molar-refractivity contribution in [3.8, 4) is 0 Å². The second-order valence-electron chi connectivity index (χ2n) is 3.82. The fourth-order valence-electron chi connectivity index (χ4n) is 1.48. The van der Waals surface area contributed by atoms with E-state index in [1.54, 1.807) is 24.3 Å². The molecule has 17 heavy (non-hydrogen) atoms. The highest BCUT2D eigenvalue weighted by atomic mass is 16.4. The number of nitrogens with one attached hydrogen (secondary N) is 1. The Morgan fingerprint density at radius 3 is 2.47 bits per heavy atom. The van der Waals surface area contributed by atoms with E-state index in [4.69, 9.17) is 15.8 Å². The predicted octanol–water partition coefficient (Wildman–Crippen LogP) is -1.63. The summed E-state index contributed by atoms with van der Waals surface area (Å²) >= 11 is 0. The van der Waals surface area contributed by atoms with Crippen molar-refractivity contribution in [2.24, 2.45) is 5.73 Å². The molecule has 1 atom stereocenters. The maximum atomic E-state index is 11.4. The molecule has 5 nitrogen and oxygen atoms in total. The number of likely N-dealkylation sites (N-methyl/N-ethyl adjacent to an activating group) is 1. The van der Waals surface area contributed by atoms with Crippen molar-refractivity contribution in [1.82, 2.24) is 5.32 Å². The average molecular weight is 236 g/mol. The van der Waals surface area contributed by atoms with E-state index >= 15 is 0 Å². The van der Waals surface area contributed by atoms with Crippen LogP contribution in [0.2, 0.25) is 0 Å². The maximum absolute atomic E-state index is 11.4. The summed E-state index contributed by atoms with van der Waals surface area (Å²) in [6.07, 6.45) is 0.424. The van der Waals surface area contributed by atoms with Crippen LogP contribution in [-0.4, -0.2) is 35.7 Å². The van der Waals surface area contributed by atoms with Gasteiger partial charge in [0, 0.05) is 6.54 Å². The standard InChI is InChI=1S/C11H17BN2O3/c1-2-14-11(15)10(13)7-8-3-5-9(6-4-8)12(16)17/h3-6,10,16-17H,2,7,13H2,1H3,(H,14,15)/t10-/m0/s1. The first-order chi connectivity index (χ1) is 8.04. The van der Waals surface area contributed by atoms with Crippen molar-refractivity contribution in [1.29, 1.82) is 0 Å². The number of amides is 1. The van der Waals surface area contributed by atoms with Gasteiger partial charge in [-0.05, 0) is 24.4 Å². The highest BCUT2D eigenvalue weighted by molar-refractivity contribution is 6.58. The van der Waals surface area contributed by atoms with Gasteiger partial charge in [0.2, 0.25) is 5.91 Å². The van der Waals surface area contributed by atoms with Crippen LogP contribution in [-0.2, 0) is 11.2 Å². The predicted molar refractivity (Wildman–Crippen MR) is 66.6 cm³/mol. The highest BCUT2D eigenvalue weighted by Gasteiger charge is 2.14. The van der Waals surface area contributed by atoms with E-state index in [0.29, 0.717) is 18.4 Å². The molecular formula is C11H17BN2O3. The molecule has 0 aromatic heterocycles. The van der Waals surface area contributed by atoms with Gasteiger partial charge in [0.25, 0.3) is 0 Å². The molecule has 0 bridgehead atoms. The monoisotopic (exact) mass is 236 g/mol. The molecule has 0 unspecified atom stereocenters. The minimum atomic E-state index is -1.47. The molecule has 1 aromatic rings. The summed E-state index contributed by atoms with van der Waals surface area (Å²) in [4.78, 5) is 11.4. The lowest BCUT2D eigenvalue weighted by molar-refractivity contribution is -0.122. The number of rotatable bonds is 5. The topological polar surface area (TPSA) is 95.6 Å². The maximum Gasteiger partial charge on any atom is 0.488 e. The molecule has 0 aliphatic rings. The van der Waals surface area contributed by atoms with Crippen molar-refractivity contribution in [3.63, 3.8) is 0 Å². The second kappa shape index (κ2) is 6.39. The van der Waals surface area contributed by atoms with Gasteiger partial charge in [-0.25, -0.2) is 0 Å². The van der Waals surface area contributed by atoms with Crippen molar-refractivity contribution in [3.05, 3.63) is 29.8 Å². The third-order valence-corrected chi connectivity index (χ3v) is 2.42. The number of hydrogen-bond acceptors (Lipinski definition) is 4. The first-order valence-electron chi connectivity index (χ1n) is 5.53. The molecule has 1 rings (SSSR count). The summed E-state index contributed by atoms with van der Waals surface area (Å²) in [6.45, 7) is 2.39. The normalized spacial score (nSPS) is 12.0. The number of carbonyl (C=O) groups is 1. The molecule has 5 N–H and O–H groups in total. The lowest BCUT2D eigenvalue weighted by Crippen LogP contribution is -2.41. The Kier molecular flexibility index (Phi) is 5.15. The highest BCUT2D eigenvalue weighted by Crippen LogP contribution is 2.01. The summed E-state index contributed by atoms with van der Waals surface area (Å²) in [5.74, 6) is -0.182. The molecule has 1 aromatic carbocycles. The second-order valence-corrected chi connectivity index (χ2v) is 3.82. The van der Waals surface area contributed by atoms with Crippen LogP contribution >= 0.6 is 0 Å². The fraction of sp³-hybridized carbons (Fsp3) is 0.364. The van der Waals surface area contributed by atoms with E-state index in [1.807, 2.05) is 6.92 Å². The molecule has 0 radical (unpaired) electrons. The van der Waals surface area contributed by atoms with E-state index in [0.717, 1.165) is 5.56 Å². The Labute approximate surface area is 101 Å². The molecular weight excluding hydrogens is 219 g/mol. The van der Waals surface area contributed by atoms with E-state index in [9.17, 15) is 4.79 Å². The Morgan fingerprint density at radius 2 is 2.00 bits per heavy atom. The third kappa shape index (κ3) is 4.18. The third-order valence-electron chi connectivity index (χ3n) is 2.42. The Hall–Kier alpha value is -1.37. The average Bonchev–Trinajstić information content (AvgIpc) is 2.30. The molecule has 6 heteroatoms. The number of benzene rings is 1. The molecule has 1 amide bonds. The van der Waals surface area contributed by atoms with Gasteiger partial charge >= 0.3 is 7.12 Å². The van der Waals surface area contributed by atoms with E-state index in [2.05, 4.69) is 5.32 Å². The SMILES string of the molecule is CCNC(=O)[C@@H](N)Cc1ccc(B(O)O)cc1. The van der Waals surface area contributed by atoms with Crippen LogP contribution < -0.4 is 16.5 Å². The minimum Gasteiger partial charge on any atom is -0.423 e. The molecule has 0 heterocycles. The van der Waals surface area contributed by atoms with Crippen molar-refractivity contribution < 1.29 is 14.8 Å². The zero-order valence-electron chi connectivity index (χ0n) is 9.76. The smallest absolute Gasteiger partial charge is 0.423 e. The molecule has 0 aliphatic heterocycles. The molecule has 0 saturated carbocycles. The molecule has 92 valence electrons. The van der Waals surface area contributed by atoms with E-state index in [-0.39, 0.29) is 5.91 Å². The van der Waals surface area contributed by atoms with Gasteiger partial charge in [-0.15, -0.1) is 0 Å². The first kappa shape index (κ1) is 13.7. The largest absolute Gasteiger partial charge is 0.488 e. The molecule has 0 saturated heterocycles. The summed E-state index contributed by atoms with van der Waals surface area (Å²) in [5.41, 5.74) is 7.02. The Balaban J connectivity index is 2.60. The molecule has 0 spiro atoms. The van der Waals surface area contributed by atoms with Crippen LogP contribution in [0.15, 0.2) is 24.3 Å². The zero-order chi connectivity index (χ0) is 12.8. The van der Waals surface area contributed by atoms with Crippen LogP contribution in [0.25, 0.3) is 0 Å². The van der Waals surface area contributed by atoms with Gasteiger partial charge in [-0.3, -0.25) is 4.79 Å². The summed E-state index contributed by atoms with van der Waals surface area (Å²) in [7, 11) is -1.47. The summed E-state index contributed by atoms with van der Waals surface area (Å²) in [6, 6.07) is 6.08. The van der Waals surface area contributed by atoms with Crippen LogP contribution in [0.3, 0.4) is 0 Å². The van der Waals surface area contributed by atoms with Gasteiger partial charge < -0.3 is 21.1 Å². The number of carbonyl (C=O) groups excluding carboxylic acids is 1. The zero-order valence-corrected chi connectivity index (χ0v) is 9.76. The molecule has 0 fully saturated rings. The number of hydrogen-bond donors (Lipinski definition) is 4. The van der Waals surface area contributed by atoms with Crippen LogP contribution in [0.1, 0.15) is 12.5 Å². The summed E-state index contributed by atoms with van der Waals surface area (Å²) in [5, 5.41) is 20.5. The minimum absolute atomic E-state index is 0.182. The van der Waals surface area contributed by atoms with Gasteiger partial charge in [0.15, 0.2) is 0 Å². The van der Waals surface area contributed by atoms with Crippen LogP contribution in [0.4, 0.5) is 0 Å². The lowest BCUT2D eigenvalue weighted by atomic mass is 9.80. The fourth-order valence-corrected chi connectivity index (χ4v) is 1.48. The first-order valence-corrected chi connectivity index (χ1v) is 5.53. The van der Waals surface area contributed by atoms with E-state index in [1.165, 1.54) is 0 Å². The van der Waals surface area contributed by atoms with Crippen molar-refractivity contribution in [2.45, 2.75) is 19.4 Å². The Morgan fingerprint density at radius 1 is 1.41 bits per heavy atom. The van der Waals surface area contributed by atoms with Gasteiger partial charge in [-0.2, -0.15) is 0 Å². The van der Waals surface area contributed by atoms with Crippen LogP contribution in [0.5, 0.6) is 0 Å². The van der Waals surface area contributed by atoms with Gasteiger partial charge in [0.05, 0.1) is 6.04 Å². The van der Waals surface area contributed by atoms with E-state index < -0.39 is 13.2 Å². The van der Waals surface area contributed by atoms with Gasteiger partial charge in [0.1, 0.15) is 0 Å². The van der Waals surface area contributed by atoms with Crippen molar-refractivity contribution >= 4 is 18.5 Å². The van der Waals surface area contributed by atoms with Gasteiger partial charge in [-0.1, -0.05) is 24.3 Å². The number of nitrogens with two attached hydrogens (primary N) is 1. The summed E-state index contributed by atoms with van der Waals surface area (Å²) < 4.78 is 0. The molecule has 0 aliphatic carbocycles. The lowest BCUT2D eigenvalue weighted by Gasteiger charge is -2.11. The van der Waals surface area contributed by atoms with Crippen LogP contribution in [0, 0.1) is 0 Å². The quantitative estimate of drug-likeness (QED) is 0.462. The Bertz CT molecular complexity index is 367.